The number of aromatic nitrogens is 1. The Bertz CT molecular complexity index is 565. The highest BCUT2D eigenvalue weighted by molar-refractivity contribution is 7.89. The third kappa shape index (κ3) is 4.14. The molecule has 0 radical (unpaired) electrons. The van der Waals surface area contributed by atoms with Crippen LogP contribution in [0.15, 0.2) is 29.4 Å². The van der Waals surface area contributed by atoms with Crippen LogP contribution in [0.5, 0.6) is 0 Å². The molecule has 2 heterocycles. The second-order valence-electron chi connectivity index (χ2n) is 6.07. The number of nitrogens with two attached hydrogens (primary N) is 1. The van der Waals surface area contributed by atoms with Crippen molar-refractivity contribution in [3.05, 3.63) is 24.4 Å². The van der Waals surface area contributed by atoms with Crippen molar-refractivity contribution >= 4 is 22.4 Å². The molecule has 1 aliphatic heterocycles. The van der Waals surface area contributed by atoms with Crippen molar-refractivity contribution in [3.63, 3.8) is 0 Å². The molecule has 21 heavy (non-hydrogen) atoms. The summed E-state index contributed by atoms with van der Waals surface area (Å²) in [4.78, 5) is 3.91. The quantitative estimate of drug-likeness (QED) is 0.825. The molecule has 0 aliphatic carbocycles. The van der Waals surface area contributed by atoms with Crippen molar-refractivity contribution in [2.24, 2.45) is 11.1 Å². The number of aliphatic hydroxyl groups excluding tert-OH is 1. The molecule has 1 aromatic heterocycles. The summed E-state index contributed by atoms with van der Waals surface area (Å²) < 4.78 is 26.5. The highest BCUT2D eigenvalue weighted by atomic mass is 35.5. The van der Waals surface area contributed by atoms with Crippen molar-refractivity contribution < 1.29 is 13.5 Å². The van der Waals surface area contributed by atoms with Crippen LogP contribution in [-0.4, -0.2) is 48.0 Å². The van der Waals surface area contributed by atoms with Crippen LogP contribution in [0.4, 0.5) is 0 Å². The number of hydrogen-bond acceptors (Lipinski definition) is 5. The minimum Gasteiger partial charge on any atom is -0.390 e. The highest BCUT2D eigenvalue weighted by Crippen LogP contribution is 2.30. The first-order chi connectivity index (χ1) is 9.22. The first-order valence-corrected chi connectivity index (χ1v) is 8.01. The predicted octanol–water partition coefficient (Wildman–Crippen LogP) is 0.612. The Morgan fingerprint density at radius 1 is 1.43 bits per heavy atom. The standard InChI is InChI=1S/C13H21N3O3S.ClH/c1-13(2)7-10(14)11(17)8-16(9-13)20(18,19)12-5-3-4-6-15-12;/h3-6,10-11,17H,7-9,14H2,1-2H3;1H. The van der Waals surface area contributed by atoms with E-state index >= 15 is 0 Å². The van der Waals surface area contributed by atoms with E-state index in [-0.39, 0.29) is 29.4 Å². The minimum absolute atomic E-state index is 0. The lowest BCUT2D eigenvalue weighted by atomic mass is 9.86. The van der Waals surface area contributed by atoms with Crippen LogP contribution in [0.2, 0.25) is 0 Å². The fourth-order valence-electron chi connectivity index (χ4n) is 2.54. The Kier molecular flexibility index (Phi) is 5.74. The molecule has 0 aromatic carbocycles. The summed E-state index contributed by atoms with van der Waals surface area (Å²) in [5.41, 5.74) is 5.62. The SMILES string of the molecule is CC1(C)CC(N)C(O)CN(S(=O)(=O)c2ccccn2)C1.Cl. The average Bonchev–Trinajstić information content (AvgIpc) is 2.47. The third-order valence-electron chi connectivity index (χ3n) is 3.52. The number of sulfonamides is 1. The molecule has 1 aliphatic rings. The van der Waals surface area contributed by atoms with E-state index in [0.29, 0.717) is 13.0 Å². The molecule has 2 atom stereocenters. The zero-order valence-corrected chi connectivity index (χ0v) is 13.8. The number of rotatable bonds is 2. The second kappa shape index (κ2) is 6.58. The Balaban J connectivity index is 0.00000220. The second-order valence-corrected chi connectivity index (χ2v) is 7.95. The van der Waals surface area contributed by atoms with Crippen LogP contribution in [0.1, 0.15) is 20.3 Å². The smallest absolute Gasteiger partial charge is 0.260 e. The molecular weight excluding hydrogens is 314 g/mol. The Morgan fingerprint density at radius 2 is 2.10 bits per heavy atom. The first-order valence-electron chi connectivity index (χ1n) is 6.57. The molecule has 1 aromatic rings. The van der Waals surface area contributed by atoms with Crippen LogP contribution >= 0.6 is 12.4 Å². The van der Waals surface area contributed by atoms with Gasteiger partial charge >= 0.3 is 0 Å². The van der Waals surface area contributed by atoms with Gasteiger partial charge < -0.3 is 10.8 Å². The lowest BCUT2D eigenvalue weighted by Crippen LogP contribution is -2.42. The van der Waals surface area contributed by atoms with Crippen molar-refractivity contribution in [3.8, 4) is 0 Å². The largest absolute Gasteiger partial charge is 0.390 e. The van der Waals surface area contributed by atoms with Gasteiger partial charge in [-0.15, -0.1) is 12.4 Å². The Labute approximate surface area is 131 Å². The Hall–Kier alpha value is -0.730. The van der Waals surface area contributed by atoms with Crippen LogP contribution in [-0.2, 0) is 10.0 Å². The predicted molar refractivity (Wildman–Crippen MR) is 82.6 cm³/mol. The van der Waals surface area contributed by atoms with Crippen LogP contribution in [0.25, 0.3) is 0 Å². The van der Waals surface area contributed by atoms with Gasteiger partial charge in [0.1, 0.15) is 0 Å². The van der Waals surface area contributed by atoms with E-state index < -0.39 is 22.2 Å². The summed E-state index contributed by atoms with van der Waals surface area (Å²) in [5.74, 6) is 0. The summed E-state index contributed by atoms with van der Waals surface area (Å²) in [6, 6.07) is 4.33. The number of β-amino-alcohol motifs (C(OH)–C–C–N with tert-alkyl or cyclic N) is 1. The molecular formula is C13H22ClN3O3S. The van der Waals surface area contributed by atoms with E-state index in [2.05, 4.69) is 4.98 Å². The van der Waals surface area contributed by atoms with E-state index in [1.165, 1.54) is 16.6 Å². The summed E-state index contributed by atoms with van der Waals surface area (Å²) in [7, 11) is -3.71. The molecule has 8 heteroatoms. The monoisotopic (exact) mass is 335 g/mol. The highest BCUT2D eigenvalue weighted by Gasteiger charge is 2.38. The molecule has 120 valence electrons. The van der Waals surface area contributed by atoms with Crippen molar-refractivity contribution in [1.82, 2.24) is 9.29 Å². The van der Waals surface area contributed by atoms with E-state index in [9.17, 15) is 13.5 Å². The maximum atomic E-state index is 12.6. The normalized spacial score (nSPS) is 26.7. The lowest BCUT2D eigenvalue weighted by molar-refractivity contribution is 0.129. The first kappa shape index (κ1) is 18.3. The number of nitrogens with zero attached hydrogens (tertiary/aromatic N) is 2. The molecule has 1 fully saturated rings. The number of pyridine rings is 1. The number of hydrogen-bond donors (Lipinski definition) is 2. The van der Waals surface area contributed by atoms with Crippen LogP contribution < -0.4 is 5.73 Å². The number of aliphatic hydroxyl groups is 1. The third-order valence-corrected chi connectivity index (χ3v) is 5.25. The number of halogens is 1. The van der Waals surface area contributed by atoms with Gasteiger partial charge in [0.05, 0.1) is 6.10 Å². The van der Waals surface area contributed by atoms with Crippen molar-refractivity contribution in [1.29, 1.82) is 0 Å². The van der Waals surface area contributed by atoms with Gasteiger partial charge in [-0.05, 0) is 24.0 Å². The van der Waals surface area contributed by atoms with Crippen LogP contribution in [0, 0.1) is 5.41 Å². The zero-order chi connectivity index (χ0) is 15.0. The minimum atomic E-state index is -3.71. The molecule has 0 bridgehead atoms. The molecule has 0 saturated carbocycles. The van der Waals surface area contributed by atoms with Gasteiger partial charge in [-0.2, -0.15) is 4.31 Å². The lowest BCUT2D eigenvalue weighted by Gasteiger charge is -2.28. The van der Waals surface area contributed by atoms with Gasteiger partial charge in [0.2, 0.25) is 0 Å². The molecule has 3 N–H and O–H groups in total. The van der Waals surface area contributed by atoms with Crippen molar-refractivity contribution in [2.75, 3.05) is 13.1 Å². The summed E-state index contributed by atoms with van der Waals surface area (Å²) in [6.07, 6.45) is 1.15. The van der Waals surface area contributed by atoms with E-state index in [1.54, 1.807) is 12.1 Å². The molecule has 0 amide bonds. The molecule has 2 rings (SSSR count). The van der Waals surface area contributed by atoms with Gasteiger partial charge in [-0.1, -0.05) is 19.9 Å². The molecule has 1 saturated heterocycles. The van der Waals surface area contributed by atoms with Crippen molar-refractivity contribution in [2.45, 2.75) is 37.4 Å². The zero-order valence-electron chi connectivity index (χ0n) is 12.1. The van der Waals surface area contributed by atoms with Gasteiger partial charge in [0, 0.05) is 25.3 Å². The fraction of sp³-hybridized carbons (Fsp3) is 0.615. The summed E-state index contributed by atoms with van der Waals surface area (Å²) in [5, 5.41) is 10.0. The van der Waals surface area contributed by atoms with Gasteiger partial charge in [0.15, 0.2) is 5.03 Å². The van der Waals surface area contributed by atoms with Gasteiger partial charge in [0.25, 0.3) is 10.0 Å². The summed E-state index contributed by atoms with van der Waals surface area (Å²) in [6.45, 7) is 4.22. The fourth-order valence-corrected chi connectivity index (χ4v) is 4.12. The van der Waals surface area contributed by atoms with E-state index in [1.807, 2.05) is 13.8 Å². The van der Waals surface area contributed by atoms with E-state index in [4.69, 9.17) is 5.73 Å². The molecule has 6 nitrogen and oxygen atoms in total. The van der Waals surface area contributed by atoms with Gasteiger partial charge in [-0.25, -0.2) is 13.4 Å². The summed E-state index contributed by atoms with van der Waals surface area (Å²) >= 11 is 0. The van der Waals surface area contributed by atoms with Gasteiger partial charge in [-0.3, -0.25) is 0 Å². The van der Waals surface area contributed by atoms with E-state index in [0.717, 1.165) is 0 Å². The average molecular weight is 336 g/mol. The maximum Gasteiger partial charge on any atom is 0.260 e. The molecule has 2 unspecified atom stereocenters. The topological polar surface area (TPSA) is 96.5 Å². The Morgan fingerprint density at radius 3 is 2.67 bits per heavy atom. The maximum absolute atomic E-state index is 12.6. The van der Waals surface area contributed by atoms with Crippen LogP contribution in [0.3, 0.4) is 0 Å². The molecule has 0 spiro atoms.